The second kappa shape index (κ2) is 6.64. The Balaban J connectivity index is 1.71. The highest BCUT2D eigenvalue weighted by Gasteiger charge is 2.22. The zero-order chi connectivity index (χ0) is 18.3. The largest absolute Gasteiger partial charge is 0.435 e. The molecule has 7 heteroatoms. The average molecular weight is 374 g/mol. The van der Waals surface area contributed by atoms with Crippen molar-refractivity contribution in [2.45, 2.75) is 32.9 Å². The Hall–Kier alpha value is -2.54. The molecule has 0 saturated heterocycles. The van der Waals surface area contributed by atoms with E-state index in [0.717, 1.165) is 33.7 Å². The molecule has 3 aromatic rings. The molecule has 0 amide bonds. The van der Waals surface area contributed by atoms with Crippen molar-refractivity contribution in [3.05, 3.63) is 57.0 Å². The Kier molecular flexibility index (Phi) is 4.32. The Labute approximate surface area is 152 Å². The van der Waals surface area contributed by atoms with E-state index < -0.39 is 6.61 Å². The number of hydrogen-bond donors (Lipinski definition) is 0. The fourth-order valence-electron chi connectivity index (χ4n) is 3.12. The van der Waals surface area contributed by atoms with E-state index in [0.29, 0.717) is 17.8 Å². The molecule has 0 aliphatic carbocycles. The maximum Gasteiger partial charge on any atom is 0.387 e. The lowest BCUT2D eigenvalue weighted by molar-refractivity contribution is -0.0498. The molecule has 0 N–H and O–H groups in total. The molecule has 1 aromatic carbocycles. The van der Waals surface area contributed by atoms with Crippen molar-refractivity contribution < 1.29 is 13.5 Å². The monoisotopic (exact) mass is 374 g/mol. The van der Waals surface area contributed by atoms with Gasteiger partial charge in [-0.3, -0.25) is 9.36 Å². The first-order chi connectivity index (χ1) is 12.5. The zero-order valence-corrected chi connectivity index (χ0v) is 14.9. The van der Waals surface area contributed by atoms with Crippen LogP contribution in [0.3, 0.4) is 0 Å². The lowest BCUT2D eigenvalue weighted by atomic mass is 10.1. The van der Waals surface area contributed by atoms with Crippen molar-refractivity contribution in [3.63, 3.8) is 0 Å². The minimum absolute atomic E-state index is 0.00466. The third-order valence-electron chi connectivity index (χ3n) is 4.39. The Morgan fingerprint density at radius 2 is 2.12 bits per heavy atom. The molecule has 1 aliphatic heterocycles. The Morgan fingerprint density at radius 3 is 2.81 bits per heavy atom. The molecule has 0 atom stereocenters. The number of aromatic nitrogens is 2. The molecule has 134 valence electrons. The van der Waals surface area contributed by atoms with Crippen LogP contribution in [0.1, 0.15) is 29.6 Å². The minimum atomic E-state index is -2.83. The lowest BCUT2D eigenvalue weighted by Crippen LogP contribution is -2.19. The summed E-state index contributed by atoms with van der Waals surface area (Å²) in [6, 6.07) is 8.37. The van der Waals surface area contributed by atoms with E-state index in [1.165, 1.54) is 12.1 Å². The van der Waals surface area contributed by atoms with Crippen LogP contribution in [0.4, 0.5) is 8.78 Å². The van der Waals surface area contributed by atoms with Crippen LogP contribution in [0.15, 0.2) is 35.1 Å². The van der Waals surface area contributed by atoms with Crippen molar-refractivity contribution >= 4 is 33.2 Å². The van der Waals surface area contributed by atoms with Gasteiger partial charge in [-0.1, -0.05) is 19.1 Å². The number of aryl methyl sites for hydroxylation is 1. The van der Waals surface area contributed by atoms with Crippen molar-refractivity contribution in [2.24, 2.45) is 0 Å². The summed E-state index contributed by atoms with van der Waals surface area (Å²) < 4.78 is 30.5. The molecule has 0 bridgehead atoms. The van der Waals surface area contributed by atoms with Gasteiger partial charge in [-0.15, -0.1) is 11.3 Å². The van der Waals surface area contributed by atoms with Crippen LogP contribution in [-0.4, -0.2) is 16.2 Å². The molecule has 0 unspecified atom stereocenters. The van der Waals surface area contributed by atoms with E-state index in [1.54, 1.807) is 28.0 Å². The molecular weight excluding hydrogens is 358 g/mol. The molecule has 26 heavy (non-hydrogen) atoms. The standard InChI is InChI=1S/C19H16F2N2O2S/c1-2-14-10-15-17(26-14)22-16-12(7-8-23(16)18(15)24)9-11-3-5-13(6-4-11)25-19(20)21/h3-6,9-10,19H,2,7-8H2,1H3/b12-9+. The van der Waals surface area contributed by atoms with Gasteiger partial charge in [0.05, 0.1) is 5.39 Å². The minimum Gasteiger partial charge on any atom is -0.435 e. The van der Waals surface area contributed by atoms with Crippen LogP contribution < -0.4 is 10.3 Å². The Morgan fingerprint density at radius 1 is 1.35 bits per heavy atom. The number of fused-ring (bicyclic) bond motifs is 2. The number of alkyl halides is 2. The lowest BCUT2D eigenvalue weighted by Gasteiger charge is -2.05. The number of halogens is 2. The van der Waals surface area contributed by atoms with Crippen molar-refractivity contribution in [1.82, 2.24) is 9.55 Å². The van der Waals surface area contributed by atoms with E-state index >= 15 is 0 Å². The van der Waals surface area contributed by atoms with Crippen molar-refractivity contribution in [2.75, 3.05) is 0 Å². The molecule has 0 fully saturated rings. The SMILES string of the molecule is CCc1cc2c(=O)n3c(nc2s1)/C(=C/c1ccc(OC(F)F)cc1)CC3. The van der Waals surface area contributed by atoms with Crippen molar-refractivity contribution in [1.29, 1.82) is 0 Å². The number of nitrogens with zero attached hydrogens (tertiary/aromatic N) is 2. The van der Waals surface area contributed by atoms with Gasteiger partial charge in [0.1, 0.15) is 16.4 Å². The number of allylic oxidation sites excluding steroid dienone is 1. The molecule has 4 rings (SSSR count). The van der Waals surface area contributed by atoms with Gasteiger partial charge in [0, 0.05) is 11.4 Å². The normalized spacial score (nSPS) is 15.2. The smallest absolute Gasteiger partial charge is 0.387 e. The molecular formula is C19H16F2N2O2S. The summed E-state index contributed by atoms with van der Waals surface area (Å²) in [4.78, 5) is 19.3. The quantitative estimate of drug-likeness (QED) is 0.672. The summed E-state index contributed by atoms with van der Waals surface area (Å²) in [5, 5.41) is 0.686. The number of ether oxygens (including phenoxy) is 1. The number of hydrogen-bond acceptors (Lipinski definition) is 4. The first kappa shape index (κ1) is 16.9. The van der Waals surface area contributed by atoms with E-state index in [2.05, 4.69) is 11.7 Å². The zero-order valence-electron chi connectivity index (χ0n) is 14.0. The van der Waals surface area contributed by atoms with E-state index in [1.807, 2.05) is 12.1 Å². The van der Waals surface area contributed by atoms with Crippen LogP contribution in [0.25, 0.3) is 21.9 Å². The van der Waals surface area contributed by atoms with Gasteiger partial charge >= 0.3 is 6.61 Å². The van der Waals surface area contributed by atoms with Crippen LogP contribution in [0, 0.1) is 0 Å². The highest BCUT2D eigenvalue weighted by molar-refractivity contribution is 7.18. The highest BCUT2D eigenvalue weighted by atomic mass is 32.1. The van der Waals surface area contributed by atoms with Gasteiger partial charge in [-0.05, 0) is 48.3 Å². The van der Waals surface area contributed by atoms with Crippen LogP contribution in [-0.2, 0) is 13.0 Å². The summed E-state index contributed by atoms with van der Waals surface area (Å²) in [6.45, 7) is -0.173. The predicted molar refractivity (Wildman–Crippen MR) is 98.8 cm³/mol. The maximum atomic E-state index is 12.7. The summed E-state index contributed by atoms with van der Waals surface area (Å²) in [5.74, 6) is 0.815. The third-order valence-corrected chi connectivity index (χ3v) is 5.56. The Bertz CT molecular complexity index is 1050. The van der Waals surface area contributed by atoms with Gasteiger partial charge in [0.25, 0.3) is 5.56 Å². The third kappa shape index (κ3) is 3.03. The summed E-state index contributed by atoms with van der Waals surface area (Å²) in [7, 11) is 0. The molecule has 1 aliphatic rings. The highest BCUT2D eigenvalue weighted by Crippen LogP contribution is 2.30. The van der Waals surface area contributed by atoms with Crippen LogP contribution in [0.5, 0.6) is 5.75 Å². The molecule has 3 heterocycles. The molecule has 0 radical (unpaired) electrons. The van der Waals surface area contributed by atoms with Gasteiger partial charge in [-0.2, -0.15) is 8.78 Å². The predicted octanol–water partition coefficient (Wildman–Crippen LogP) is 4.57. The second-order valence-corrected chi connectivity index (χ2v) is 7.16. The van der Waals surface area contributed by atoms with Crippen molar-refractivity contribution in [3.8, 4) is 5.75 Å². The molecule has 0 saturated carbocycles. The van der Waals surface area contributed by atoms with Crippen LogP contribution >= 0.6 is 11.3 Å². The maximum absolute atomic E-state index is 12.7. The van der Waals surface area contributed by atoms with Crippen LogP contribution in [0.2, 0.25) is 0 Å². The number of benzene rings is 1. The van der Waals surface area contributed by atoms with E-state index in [-0.39, 0.29) is 11.3 Å². The summed E-state index contributed by atoms with van der Waals surface area (Å²) in [6.07, 6.45) is 3.54. The fourth-order valence-corrected chi connectivity index (χ4v) is 4.08. The molecule has 2 aromatic heterocycles. The molecule has 0 spiro atoms. The van der Waals surface area contributed by atoms with E-state index in [4.69, 9.17) is 4.98 Å². The first-order valence-electron chi connectivity index (χ1n) is 8.34. The van der Waals surface area contributed by atoms with Gasteiger partial charge in [-0.25, -0.2) is 4.98 Å². The number of thiophene rings is 1. The first-order valence-corrected chi connectivity index (χ1v) is 9.16. The summed E-state index contributed by atoms with van der Waals surface area (Å²) in [5.41, 5.74) is 1.83. The number of rotatable bonds is 4. The molecule has 4 nitrogen and oxygen atoms in total. The van der Waals surface area contributed by atoms with Gasteiger partial charge in [0.2, 0.25) is 0 Å². The van der Waals surface area contributed by atoms with Gasteiger partial charge in [0.15, 0.2) is 0 Å². The van der Waals surface area contributed by atoms with E-state index in [9.17, 15) is 13.6 Å². The van der Waals surface area contributed by atoms with Gasteiger partial charge < -0.3 is 4.74 Å². The summed E-state index contributed by atoms with van der Waals surface area (Å²) >= 11 is 1.55. The fraction of sp³-hybridized carbons (Fsp3) is 0.263. The topological polar surface area (TPSA) is 44.1 Å². The second-order valence-electron chi connectivity index (χ2n) is 6.04. The average Bonchev–Trinajstić information content (AvgIpc) is 3.21.